The number of carboxylic acid groups (broad SMARTS) is 1. The molecule has 3 heterocycles. The van der Waals surface area contributed by atoms with Crippen molar-refractivity contribution in [2.24, 2.45) is 5.92 Å². The number of carbonyl (C=O) groups excluding carboxylic acids is 1. The highest BCUT2D eigenvalue weighted by Crippen LogP contribution is 2.32. The van der Waals surface area contributed by atoms with Gasteiger partial charge in [-0.25, -0.2) is 9.78 Å². The third-order valence-corrected chi connectivity index (χ3v) is 5.26. The second-order valence-electron chi connectivity index (χ2n) is 7.04. The molecule has 2 amide bonds. The quantitative estimate of drug-likeness (QED) is 0.872. The largest absolute Gasteiger partial charge is 0.481 e. The van der Waals surface area contributed by atoms with E-state index in [9.17, 15) is 14.7 Å². The zero-order valence-corrected chi connectivity index (χ0v) is 15.0. The molecule has 1 fully saturated rings. The van der Waals surface area contributed by atoms with Crippen molar-refractivity contribution in [1.29, 1.82) is 0 Å². The molecule has 0 spiro atoms. The number of benzene rings is 1. The molecule has 1 atom stereocenters. The number of nitrogens with one attached hydrogen (secondary N) is 1. The fraction of sp³-hybridized carbons (Fsp3) is 0.350. The summed E-state index contributed by atoms with van der Waals surface area (Å²) < 4.78 is 0. The van der Waals surface area contributed by atoms with E-state index in [1.54, 1.807) is 11.1 Å². The molecule has 0 bridgehead atoms. The average Bonchev–Trinajstić information content (AvgIpc) is 3.14. The minimum Gasteiger partial charge on any atom is -0.481 e. The maximum absolute atomic E-state index is 12.7. The first-order chi connectivity index (χ1) is 13.1. The molecule has 0 saturated carbocycles. The molecule has 1 saturated heterocycles. The molecule has 1 aromatic heterocycles. The molecule has 2 aliphatic heterocycles. The number of piperidine rings is 1. The highest BCUT2D eigenvalue weighted by Gasteiger charge is 2.29. The van der Waals surface area contributed by atoms with E-state index >= 15 is 0 Å². The van der Waals surface area contributed by atoms with Crippen LogP contribution in [0.1, 0.15) is 24.0 Å². The van der Waals surface area contributed by atoms with Crippen LogP contribution in [-0.4, -0.2) is 40.1 Å². The summed E-state index contributed by atoms with van der Waals surface area (Å²) in [6.45, 7) is 2.28. The monoisotopic (exact) mass is 366 g/mol. The number of amides is 2. The molecule has 27 heavy (non-hydrogen) atoms. The zero-order chi connectivity index (χ0) is 18.8. The van der Waals surface area contributed by atoms with Gasteiger partial charge in [-0.1, -0.05) is 18.2 Å². The third kappa shape index (κ3) is 3.58. The predicted molar refractivity (Wildman–Crippen MR) is 102 cm³/mol. The van der Waals surface area contributed by atoms with E-state index in [1.807, 2.05) is 30.3 Å². The summed E-state index contributed by atoms with van der Waals surface area (Å²) in [5.41, 5.74) is 3.04. The van der Waals surface area contributed by atoms with Crippen LogP contribution in [-0.2, 0) is 17.9 Å². The number of carbonyl (C=O) groups is 2. The Hall–Kier alpha value is -3.09. The predicted octanol–water partition coefficient (Wildman–Crippen LogP) is 2.93. The van der Waals surface area contributed by atoms with Crippen molar-refractivity contribution in [3.8, 4) is 0 Å². The Morgan fingerprint density at radius 2 is 2.04 bits per heavy atom. The van der Waals surface area contributed by atoms with Crippen LogP contribution in [0.15, 0.2) is 42.6 Å². The molecule has 1 unspecified atom stereocenters. The summed E-state index contributed by atoms with van der Waals surface area (Å²) in [7, 11) is 0. The molecule has 2 N–H and O–H groups in total. The Bertz CT molecular complexity index is 856. The number of aromatic nitrogens is 1. The minimum atomic E-state index is -0.834. The molecule has 1 aromatic carbocycles. The highest BCUT2D eigenvalue weighted by atomic mass is 16.4. The molecule has 0 radical (unpaired) electrons. The van der Waals surface area contributed by atoms with Crippen LogP contribution < -0.4 is 10.2 Å². The second kappa shape index (κ2) is 7.26. The average molecular weight is 366 g/mol. The number of rotatable bonds is 3. The Labute approximate surface area is 157 Å². The Balaban J connectivity index is 1.48. The zero-order valence-electron chi connectivity index (χ0n) is 15.0. The molecule has 4 rings (SSSR count). The smallest absolute Gasteiger partial charge is 0.321 e. The molecule has 7 heteroatoms. The number of pyridine rings is 1. The lowest BCUT2D eigenvalue weighted by Gasteiger charge is -2.31. The number of hydrogen-bond donors (Lipinski definition) is 2. The lowest BCUT2D eigenvalue weighted by molar-refractivity contribution is -0.143. The van der Waals surface area contributed by atoms with Crippen LogP contribution in [0.4, 0.5) is 16.3 Å². The summed E-state index contributed by atoms with van der Waals surface area (Å²) in [4.78, 5) is 32.1. The fourth-order valence-electron chi connectivity index (χ4n) is 3.80. The Morgan fingerprint density at radius 3 is 2.81 bits per heavy atom. The van der Waals surface area contributed by atoms with Crippen molar-refractivity contribution >= 4 is 23.5 Å². The summed E-state index contributed by atoms with van der Waals surface area (Å²) >= 11 is 0. The first kappa shape index (κ1) is 17.3. The molecular formula is C20H22N4O3. The molecule has 2 aliphatic rings. The van der Waals surface area contributed by atoms with Crippen molar-refractivity contribution in [3.63, 3.8) is 0 Å². The van der Waals surface area contributed by atoms with Crippen LogP contribution >= 0.6 is 0 Å². The number of anilines is 2. The minimum absolute atomic E-state index is 0.231. The van der Waals surface area contributed by atoms with E-state index in [0.717, 1.165) is 23.6 Å². The van der Waals surface area contributed by atoms with Crippen molar-refractivity contribution < 1.29 is 14.7 Å². The number of nitrogens with zero attached hydrogens (tertiary/aromatic N) is 3. The first-order valence-electron chi connectivity index (χ1n) is 9.17. The van der Waals surface area contributed by atoms with Gasteiger partial charge in [0.15, 0.2) is 0 Å². The van der Waals surface area contributed by atoms with Crippen LogP contribution in [0.2, 0.25) is 0 Å². The lowest BCUT2D eigenvalue weighted by Crippen LogP contribution is -2.44. The maximum Gasteiger partial charge on any atom is 0.321 e. The van der Waals surface area contributed by atoms with E-state index in [-0.39, 0.29) is 12.6 Å². The molecule has 2 aromatic rings. The van der Waals surface area contributed by atoms with Crippen LogP contribution in [0.5, 0.6) is 0 Å². The van der Waals surface area contributed by atoms with Crippen LogP contribution in [0, 0.1) is 5.92 Å². The Kier molecular flexibility index (Phi) is 4.66. The van der Waals surface area contributed by atoms with E-state index < -0.39 is 11.9 Å². The molecule has 0 aliphatic carbocycles. The standard InChI is InChI=1S/C20H22N4O3/c25-19(26)15-6-4-10-23(12-15)20(27)22-17-7-3-5-14-11-24(13-16(14)17)18-8-1-2-9-21-18/h1-3,5,7-9,15H,4,6,10-13H2,(H,22,27)(H,25,26). The Morgan fingerprint density at radius 1 is 1.15 bits per heavy atom. The number of hydrogen-bond acceptors (Lipinski definition) is 4. The van der Waals surface area contributed by atoms with Gasteiger partial charge >= 0.3 is 12.0 Å². The van der Waals surface area contributed by atoms with Crippen LogP contribution in [0.3, 0.4) is 0 Å². The van der Waals surface area contributed by atoms with Gasteiger partial charge in [-0.15, -0.1) is 0 Å². The molecular weight excluding hydrogens is 344 g/mol. The van der Waals surface area contributed by atoms with E-state index in [4.69, 9.17) is 0 Å². The number of fused-ring (bicyclic) bond motifs is 1. The fourth-order valence-corrected chi connectivity index (χ4v) is 3.80. The number of carboxylic acids is 1. The van der Waals surface area contributed by atoms with Gasteiger partial charge in [0.1, 0.15) is 5.82 Å². The summed E-state index contributed by atoms with van der Waals surface area (Å²) in [6.07, 6.45) is 3.11. The second-order valence-corrected chi connectivity index (χ2v) is 7.04. The van der Waals surface area contributed by atoms with Gasteiger partial charge in [0, 0.05) is 43.6 Å². The van der Waals surface area contributed by atoms with Gasteiger partial charge in [0.2, 0.25) is 0 Å². The SMILES string of the molecule is O=C(O)C1CCCN(C(=O)Nc2cccc3c2CN(c2ccccn2)C3)C1. The topological polar surface area (TPSA) is 85.8 Å². The summed E-state index contributed by atoms with van der Waals surface area (Å²) in [5, 5.41) is 12.2. The van der Waals surface area contributed by atoms with Crippen molar-refractivity contribution in [1.82, 2.24) is 9.88 Å². The summed E-state index contributed by atoms with van der Waals surface area (Å²) in [5.74, 6) is -0.406. The van der Waals surface area contributed by atoms with Gasteiger partial charge < -0.3 is 20.2 Å². The summed E-state index contributed by atoms with van der Waals surface area (Å²) in [6, 6.07) is 11.5. The van der Waals surface area contributed by atoms with E-state index in [2.05, 4.69) is 21.3 Å². The highest BCUT2D eigenvalue weighted by molar-refractivity contribution is 5.91. The number of likely N-dealkylation sites (tertiary alicyclic amines) is 1. The lowest BCUT2D eigenvalue weighted by atomic mass is 9.99. The van der Waals surface area contributed by atoms with Crippen molar-refractivity contribution in [3.05, 3.63) is 53.7 Å². The first-order valence-corrected chi connectivity index (χ1v) is 9.17. The molecule has 140 valence electrons. The van der Waals surface area contributed by atoms with Gasteiger partial charge in [-0.05, 0) is 36.6 Å². The number of urea groups is 1. The normalized spacial score (nSPS) is 18.9. The number of aliphatic carboxylic acids is 1. The van der Waals surface area contributed by atoms with E-state index in [1.165, 1.54) is 5.56 Å². The van der Waals surface area contributed by atoms with Crippen molar-refractivity contribution in [2.45, 2.75) is 25.9 Å². The van der Waals surface area contributed by atoms with Crippen LogP contribution in [0.25, 0.3) is 0 Å². The third-order valence-electron chi connectivity index (χ3n) is 5.26. The van der Waals surface area contributed by atoms with Gasteiger partial charge in [-0.3, -0.25) is 4.79 Å². The molecule has 7 nitrogen and oxygen atoms in total. The van der Waals surface area contributed by atoms with Crippen molar-refractivity contribution in [2.75, 3.05) is 23.3 Å². The van der Waals surface area contributed by atoms with Gasteiger partial charge in [0.25, 0.3) is 0 Å². The van der Waals surface area contributed by atoms with Gasteiger partial charge in [0.05, 0.1) is 5.92 Å². The maximum atomic E-state index is 12.7. The van der Waals surface area contributed by atoms with Gasteiger partial charge in [-0.2, -0.15) is 0 Å². The van der Waals surface area contributed by atoms with E-state index in [0.29, 0.717) is 25.9 Å².